The first-order valence-electron chi connectivity index (χ1n) is 6.75. The summed E-state index contributed by atoms with van der Waals surface area (Å²) < 4.78 is 14.2. The largest absolute Gasteiger partial charge is 0.352 e. The van der Waals surface area contributed by atoms with Gasteiger partial charge in [0.2, 0.25) is 0 Å². The number of aliphatic imine (C=N–C) groups is 1. The predicted octanol–water partition coefficient (Wildman–Crippen LogP) is 3.86. The lowest BCUT2D eigenvalue weighted by Gasteiger charge is -2.11. The number of nitro groups is 1. The average Bonchev–Trinajstić information content (AvgIpc) is 2.66. The van der Waals surface area contributed by atoms with Crippen molar-refractivity contribution >= 4 is 23.0 Å². The fourth-order valence-electron chi connectivity index (χ4n) is 2.37. The van der Waals surface area contributed by atoms with Crippen molar-refractivity contribution in [2.45, 2.75) is 0 Å². The molecule has 0 amide bonds. The zero-order valence-corrected chi connectivity index (χ0v) is 12.5. The molecule has 7 heteroatoms. The van der Waals surface area contributed by atoms with Crippen LogP contribution in [0, 0.1) is 15.9 Å². The maximum atomic E-state index is 14.2. The molecule has 116 valence electrons. The van der Waals surface area contributed by atoms with Crippen LogP contribution in [0.15, 0.2) is 59.4 Å². The Morgan fingerprint density at radius 2 is 2.04 bits per heavy atom. The number of nitrogens with one attached hydrogen (secondary N) is 1. The Bertz CT molecular complexity index is 849. The van der Waals surface area contributed by atoms with Gasteiger partial charge in [-0.3, -0.25) is 15.1 Å². The lowest BCUT2D eigenvalue weighted by atomic mass is 10.00. The molecule has 23 heavy (non-hydrogen) atoms. The molecule has 2 aromatic carbocycles. The smallest absolute Gasteiger partial charge is 0.255 e. The van der Waals surface area contributed by atoms with E-state index in [0.717, 1.165) is 6.20 Å². The second kappa shape index (κ2) is 6.18. The van der Waals surface area contributed by atoms with Gasteiger partial charge in [0.1, 0.15) is 11.5 Å². The predicted molar refractivity (Wildman–Crippen MR) is 87.1 cm³/mol. The summed E-state index contributed by atoms with van der Waals surface area (Å²) in [5, 5.41) is 14.1. The van der Waals surface area contributed by atoms with E-state index >= 15 is 0 Å². The highest BCUT2D eigenvalue weighted by Gasteiger charge is 2.20. The molecule has 0 saturated heterocycles. The molecule has 0 aliphatic carbocycles. The van der Waals surface area contributed by atoms with E-state index in [1.165, 1.54) is 6.07 Å². The van der Waals surface area contributed by atoms with E-state index in [1.54, 1.807) is 36.4 Å². The number of hydrogen-bond donors (Lipinski definition) is 1. The molecule has 5 nitrogen and oxygen atoms in total. The fraction of sp³-hybridized carbons (Fsp3) is 0.0625. The minimum absolute atomic E-state index is 0.0386. The second-order valence-corrected chi connectivity index (χ2v) is 5.34. The van der Waals surface area contributed by atoms with Crippen molar-refractivity contribution in [3.8, 4) is 0 Å². The lowest BCUT2D eigenvalue weighted by Crippen LogP contribution is -2.07. The first-order valence-corrected chi connectivity index (χ1v) is 7.13. The van der Waals surface area contributed by atoms with E-state index in [9.17, 15) is 14.5 Å². The van der Waals surface area contributed by atoms with Gasteiger partial charge in [-0.2, -0.15) is 0 Å². The summed E-state index contributed by atoms with van der Waals surface area (Å²) in [7, 11) is 0. The van der Waals surface area contributed by atoms with Crippen molar-refractivity contribution in [2.75, 3.05) is 11.9 Å². The van der Waals surface area contributed by atoms with Gasteiger partial charge in [0.25, 0.3) is 6.20 Å². The SMILES string of the molecule is O=[N+]([O-])C=C1CN=C(c2ccccc2F)c2cc(Cl)ccc2N1. The molecule has 1 N–H and O–H groups in total. The normalized spacial score (nSPS) is 15.4. The molecule has 1 aliphatic heterocycles. The minimum Gasteiger partial charge on any atom is -0.352 e. The zero-order valence-electron chi connectivity index (χ0n) is 11.8. The van der Waals surface area contributed by atoms with Crippen LogP contribution in [0.2, 0.25) is 5.02 Å². The highest BCUT2D eigenvalue weighted by Crippen LogP contribution is 2.28. The second-order valence-electron chi connectivity index (χ2n) is 4.90. The van der Waals surface area contributed by atoms with Gasteiger partial charge < -0.3 is 5.32 Å². The van der Waals surface area contributed by atoms with Crippen LogP contribution in [0.3, 0.4) is 0 Å². The highest BCUT2D eigenvalue weighted by molar-refractivity contribution is 6.31. The Hall–Kier alpha value is -2.73. The summed E-state index contributed by atoms with van der Waals surface area (Å²) in [5.74, 6) is -0.418. The van der Waals surface area contributed by atoms with Gasteiger partial charge >= 0.3 is 0 Å². The average molecular weight is 332 g/mol. The number of rotatable bonds is 2. The van der Waals surface area contributed by atoms with Crippen LogP contribution in [0.4, 0.5) is 10.1 Å². The summed E-state index contributed by atoms with van der Waals surface area (Å²) in [6.07, 6.45) is 0.853. The van der Waals surface area contributed by atoms with Crippen molar-refractivity contribution in [3.63, 3.8) is 0 Å². The summed E-state index contributed by atoms with van der Waals surface area (Å²) in [4.78, 5) is 14.5. The van der Waals surface area contributed by atoms with Crippen molar-refractivity contribution in [1.82, 2.24) is 0 Å². The Morgan fingerprint density at radius 3 is 2.78 bits per heavy atom. The number of benzene rings is 2. The Kier molecular flexibility index (Phi) is 4.08. The van der Waals surface area contributed by atoms with Gasteiger partial charge in [-0.25, -0.2) is 4.39 Å². The lowest BCUT2D eigenvalue weighted by molar-refractivity contribution is -0.403. The van der Waals surface area contributed by atoms with Gasteiger partial charge in [-0.1, -0.05) is 23.7 Å². The number of halogens is 2. The molecule has 1 aliphatic rings. The van der Waals surface area contributed by atoms with E-state index in [0.29, 0.717) is 33.2 Å². The van der Waals surface area contributed by atoms with E-state index < -0.39 is 10.7 Å². The maximum absolute atomic E-state index is 14.2. The Morgan fingerprint density at radius 1 is 1.26 bits per heavy atom. The monoisotopic (exact) mass is 331 g/mol. The quantitative estimate of drug-likeness (QED) is 0.671. The van der Waals surface area contributed by atoms with Crippen molar-refractivity contribution in [1.29, 1.82) is 0 Å². The van der Waals surface area contributed by atoms with Crippen LogP contribution in [0.1, 0.15) is 11.1 Å². The molecule has 0 saturated carbocycles. The van der Waals surface area contributed by atoms with Crippen LogP contribution >= 0.6 is 11.6 Å². The van der Waals surface area contributed by atoms with Gasteiger partial charge in [0.15, 0.2) is 0 Å². The standard InChI is InChI=1S/C16H11ClFN3O2/c17-10-5-6-15-13(7-10)16(12-3-1-2-4-14(12)18)19-8-11(20-15)9-21(22)23/h1-7,9,20H,8H2. The van der Waals surface area contributed by atoms with Gasteiger partial charge in [0.05, 0.1) is 17.2 Å². The molecule has 1 heterocycles. The molecule has 0 bridgehead atoms. The van der Waals surface area contributed by atoms with Crippen LogP contribution < -0.4 is 5.32 Å². The maximum Gasteiger partial charge on any atom is 0.255 e. The fourth-order valence-corrected chi connectivity index (χ4v) is 2.54. The van der Waals surface area contributed by atoms with Gasteiger partial charge in [0, 0.05) is 21.8 Å². The number of anilines is 1. The minimum atomic E-state index is -0.554. The summed E-state index contributed by atoms with van der Waals surface area (Å²) >= 11 is 6.04. The van der Waals surface area contributed by atoms with E-state index in [2.05, 4.69) is 10.3 Å². The number of nitrogens with zero attached hydrogens (tertiary/aromatic N) is 2. The molecule has 0 atom stereocenters. The van der Waals surface area contributed by atoms with E-state index in [4.69, 9.17) is 11.6 Å². The molecule has 2 aromatic rings. The Labute approximate surface area is 136 Å². The topological polar surface area (TPSA) is 67.5 Å². The zero-order chi connectivity index (χ0) is 16.4. The molecular formula is C16H11ClFN3O2. The van der Waals surface area contributed by atoms with Gasteiger partial charge in [-0.15, -0.1) is 0 Å². The third kappa shape index (κ3) is 3.22. The third-order valence-electron chi connectivity index (χ3n) is 3.33. The van der Waals surface area contributed by atoms with E-state index in [-0.39, 0.29) is 6.54 Å². The van der Waals surface area contributed by atoms with Crippen molar-refractivity contribution in [2.24, 2.45) is 4.99 Å². The first kappa shape index (κ1) is 15.2. The number of fused-ring (bicyclic) bond motifs is 1. The van der Waals surface area contributed by atoms with E-state index in [1.807, 2.05) is 0 Å². The molecular weight excluding hydrogens is 321 g/mol. The van der Waals surface area contributed by atoms with Crippen molar-refractivity contribution < 1.29 is 9.31 Å². The van der Waals surface area contributed by atoms with Crippen LogP contribution in [-0.4, -0.2) is 17.2 Å². The summed E-state index contributed by atoms with van der Waals surface area (Å²) in [6, 6.07) is 11.2. The number of hydrogen-bond acceptors (Lipinski definition) is 4. The molecule has 0 fully saturated rings. The van der Waals surface area contributed by atoms with Crippen LogP contribution in [0.25, 0.3) is 0 Å². The first-order chi connectivity index (χ1) is 11.0. The summed E-state index contributed by atoms with van der Waals surface area (Å²) in [6.45, 7) is 0.0386. The molecule has 0 unspecified atom stereocenters. The highest BCUT2D eigenvalue weighted by atomic mass is 35.5. The van der Waals surface area contributed by atoms with Gasteiger partial charge in [-0.05, 0) is 30.3 Å². The van der Waals surface area contributed by atoms with Crippen LogP contribution in [-0.2, 0) is 0 Å². The third-order valence-corrected chi connectivity index (χ3v) is 3.56. The number of benzodiazepines with no additional fused rings is 1. The van der Waals surface area contributed by atoms with Crippen molar-refractivity contribution in [3.05, 3.63) is 86.4 Å². The Balaban J connectivity index is 2.19. The molecule has 0 aromatic heterocycles. The van der Waals surface area contributed by atoms with Crippen LogP contribution in [0.5, 0.6) is 0 Å². The molecule has 0 radical (unpaired) electrons. The molecule has 3 rings (SSSR count). The molecule has 0 spiro atoms. The summed E-state index contributed by atoms with van der Waals surface area (Å²) in [5.41, 5.74) is 2.21.